The van der Waals surface area contributed by atoms with Crippen molar-refractivity contribution in [3.05, 3.63) is 187 Å². The summed E-state index contributed by atoms with van der Waals surface area (Å²) in [5.41, 5.74) is 14.0. The second-order valence-corrected chi connectivity index (χ2v) is 15.0. The summed E-state index contributed by atoms with van der Waals surface area (Å²) in [7, 11) is 0. The minimum atomic E-state index is 0.201. The number of aromatic nitrogens is 2. The Labute approximate surface area is 314 Å². The topological polar surface area (TPSA) is 9.86 Å². The molecule has 54 heavy (non-hydrogen) atoms. The predicted molar refractivity (Wildman–Crippen MR) is 231 cm³/mol. The monoisotopic (exact) mass is 690 g/mol. The molecule has 0 saturated heterocycles. The van der Waals surface area contributed by atoms with Gasteiger partial charge in [0.05, 0.1) is 17.1 Å². The molecule has 8 aromatic carbocycles. The molecule has 0 saturated carbocycles. The first-order valence-corrected chi connectivity index (χ1v) is 19.0. The molecule has 1 aliphatic carbocycles. The molecule has 1 aliphatic rings. The summed E-state index contributed by atoms with van der Waals surface area (Å²) >= 11 is 0. The first kappa shape index (κ1) is 30.9. The zero-order valence-electron chi connectivity index (χ0n) is 30.4. The second-order valence-electron chi connectivity index (χ2n) is 15.0. The van der Waals surface area contributed by atoms with Crippen molar-refractivity contribution >= 4 is 70.9 Å². The molecule has 10 aromatic rings. The lowest BCUT2D eigenvalue weighted by Gasteiger charge is -2.22. The summed E-state index contributed by atoms with van der Waals surface area (Å²) in [6.45, 7) is 4.50. The number of aryl methyl sites for hydroxylation is 2. The Hall–Kier alpha value is -6.64. The molecule has 1 unspecified atom stereocenters. The highest BCUT2D eigenvalue weighted by Crippen LogP contribution is 2.42. The molecule has 0 spiro atoms. The van der Waals surface area contributed by atoms with E-state index in [1.807, 2.05) is 0 Å². The van der Waals surface area contributed by atoms with E-state index in [1.165, 1.54) is 104 Å². The van der Waals surface area contributed by atoms with Crippen LogP contribution in [-0.4, -0.2) is 9.13 Å². The van der Waals surface area contributed by atoms with Crippen molar-refractivity contribution in [3.8, 4) is 22.3 Å². The molecule has 11 rings (SSSR count). The molecule has 0 N–H and O–H groups in total. The van der Waals surface area contributed by atoms with Crippen LogP contribution in [0.1, 0.15) is 23.6 Å². The predicted octanol–water partition coefficient (Wildman–Crippen LogP) is 14.2. The van der Waals surface area contributed by atoms with Crippen LogP contribution in [-0.2, 0) is 0 Å². The maximum Gasteiger partial charge on any atom is 0.0561 e. The van der Waals surface area contributed by atoms with E-state index < -0.39 is 0 Å². The number of allylic oxidation sites excluding steroid dienone is 4. The fourth-order valence-electron chi connectivity index (χ4n) is 9.41. The van der Waals surface area contributed by atoms with E-state index in [0.717, 1.165) is 6.42 Å². The van der Waals surface area contributed by atoms with E-state index in [-0.39, 0.29) is 6.04 Å². The smallest absolute Gasteiger partial charge is 0.0561 e. The molecular weight excluding hydrogens is 653 g/mol. The summed E-state index contributed by atoms with van der Waals surface area (Å²) in [5.74, 6) is 0. The molecule has 2 nitrogen and oxygen atoms in total. The van der Waals surface area contributed by atoms with E-state index in [0.29, 0.717) is 0 Å². The molecule has 256 valence electrons. The average molecular weight is 691 g/mol. The van der Waals surface area contributed by atoms with Crippen molar-refractivity contribution in [1.29, 1.82) is 0 Å². The number of fused-ring (bicyclic) bond motifs is 8. The zero-order valence-corrected chi connectivity index (χ0v) is 30.4. The largest absolute Gasteiger partial charge is 0.333 e. The summed E-state index contributed by atoms with van der Waals surface area (Å²) < 4.78 is 5.05. The normalized spacial score (nSPS) is 14.6. The lowest BCUT2D eigenvalue weighted by molar-refractivity contribution is 0.647. The van der Waals surface area contributed by atoms with Gasteiger partial charge >= 0.3 is 0 Å². The fraction of sp³-hybridized carbons (Fsp3) is 0.0769. The second kappa shape index (κ2) is 11.9. The Bertz CT molecular complexity index is 3210. The van der Waals surface area contributed by atoms with Gasteiger partial charge in [-0.15, -0.1) is 0 Å². The third-order valence-corrected chi connectivity index (χ3v) is 11.9. The van der Waals surface area contributed by atoms with Crippen molar-refractivity contribution in [3.63, 3.8) is 0 Å². The standard InChI is InChI=1S/C52H38N2/c1-33-11-7-21-49-51(33)45-31-37(43-19-9-15-35-13-3-5-17-41(35)43)23-29-47(45)53(49)39-25-27-40(28-26-39)54-48-30-24-38(32-46(48)52-34(2)12-8-22-50(52)54)44-20-10-16-36-14-4-6-18-42(36)44/h3-27,29-32,40H,28H2,1-2H3. The van der Waals surface area contributed by atoms with Crippen LogP contribution in [0.15, 0.2) is 176 Å². The van der Waals surface area contributed by atoms with Crippen LogP contribution in [0.3, 0.4) is 0 Å². The number of rotatable bonds is 4. The highest BCUT2D eigenvalue weighted by molar-refractivity contribution is 6.14. The van der Waals surface area contributed by atoms with E-state index in [9.17, 15) is 0 Å². The molecular formula is C52H38N2. The molecule has 2 aromatic heterocycles. The maximum absolute atomic E-state index is 2.57. The average Bonchev–Trinajstić information content (AvgIpc) is 3.74. The van der Waals surface area contributed by atoms with Crippen LogP contribution < -0.4 is 0 Å². The van der Waals surface area contributed by atoms with Gasteiger partial charge in [-0.3, -0.25) is 0 Å². The van der Waals surface area contributed by atoms with E-state index >= 15 is 0 Å². The first-order valence-electron chi connectivity index (χ1n) is 19.0. The van der Waals surface area contributed by atoms with Crippen molar-refractivity contribution in [2.75, 3.05) is 0 Å². The summed E-state index contributed by atoms with van der Waals surface area (Å²) in [6.07, 6.45) is 8.13. The highest BCUT2D eigenvalue weighted by atomic mass is 15.0. The number of hydrogen-bond acceptors (Lipinski definition) is 0. The number of benzene rings is 8. The van der Waals surface area contributed by atoms with Gasteiger partial charge in [-0.2, -0.15) is 0 Å². The van der Waals surface area contributed by atoms with Crippen LogP contribution >= 0.6 is 0 Å². The molecule has 1 atom stereocenters. The lowest BCUT2D eigenvalue weighted by Crippen LogP contribution is -2.09. The van der Waals surface area contributed by atoms with Crippen molar-refractivity contribution in [1.82, 2.24) is 9.13 Å². The van der Waals surface area contributed by atoms with Crippen LogP contribution in [0.4, 0.5) is 0 Å². The van der Waals surface area contributed by atoms with Gasteiger partial charge in [-0.25, -0.2) is 0 Å². The molecule has 0 fully saturated rings. The Balaban J connectivity index is 1.02. The van der Waals surface area contributed by atoms with Gasteiger partial charge in [0.15, 0.2) is 0 Å². The highest BCUT2D eigenvalue weighted by Gasteiger charge is 2.22. The van der Waals surface area contributed by atoms with Gasteiger partial charge < -0.3 is 9.13 Å². The van der Waals surface area contributed by atoms with Gasteiger partial charge in [0, 0.05) is 38.3 Å². The lowest BCUT2D eigenvalue weighted by atomic mass is 9.96. The molecule has 0 amide bonds. The quantitative estimate of drug-likeness (QED) is 0.174. The van der Waals surface area contributed by atoms with E-state index in [1.54, 1.807) is 0 Å². The molecule has 2 heterocycles. The van der Waals surface area contributed by atoms with Crippen LogP contribution in [0.25, 0.3) is 93.1 Å². The number of nitrogens with zero attached hydrogens (tertiary/aromatic N) is 2. The van der Waals surface area contributed by atoms with Crippen LogP contribution in [0.5, 0.6) is 0 Å². The third kappa shape index (κ3) is 4.60. The minimum Gasteiger partial charge on any atom is -0.333 e. The van der Waals surface area contributed by atoms with Crippen molar-refractivity contribution < 1.29 is 0 Å². The Kier molecular flexibility index (Phi) is 6.84. The molecule has 0 bridgehead atoms. The summed E-state index contributed by atoms with van der Waals surface area (Å²) in [6, 6.07) is 58.5. The maximum atomic E-state index is 2.57. The van der Waals surface area contributed by atoms with E-state index in [2.05, 4.69) is 199 Å². The van der Waals surface area contributed by atoms with Crippen LogP contribution in [0.2, 0.25) is 0 Å². The van der Waals surface area contributed by atoms with Crippen molar-refractivity contribution in [2.45, 2.75) is 26.3 Å². The molecule has 2 heteroatoms. The summed E-state index contributed by atoms with van der Waals surface area (Å²) in [5, 5.41) is 10.4. The van der Waals surface area contributed by atoms with Gasteiger partial charge in [0.2, 0.25) is 0 Å². The molecule has 0 radical (unpaired) electrons. The summed E-state index contributed by atoms with van der Waals surface area (Å²) in [4.78, 5) is 0. The number of hydrogen-bond donors (Lipinski definition) is 0. The van der Waals surface area contributed by atoms with Crippen molar-refractivity contribution in [2.24, 2.45) is 0 Å². The fourth-order valence-corrected chi connectivity index (χ4v) is 9.41. The Morgan fingerprint density at radius 2 is 1.00 bits per heavy atom. The zero-order chi connectivity index (χ0) is 35.9. The first-order chi connectivity index (χ1) is 26.6. The SMILES string of the molecule is Cc1cccc2c1c1cc(-c3cccc4ccccc34)ccc1n2C1=CCC(n2c3ccc(-c4cccc5ccccc45)cc3c3c(C)cccc32)C=C1. The Morgan fingerprint density at radius 1 is 0.463 bits per heavy atom. The molecule has 0 aliphatic heterocycles. The van der Waals surface area contributed by atoms with Gasteiger partial charge in [-0.1, -0.05) is 133 Å². The van der Waals surface area contributed by atoms with E-state index in [4.69, 9.17) is 0 Å². The minimum absolute atomic E-state index is 0.201. The van der Waals surface area contributed by atoms with Gasteiger partial charge in [-0.05, 0) is 118 Å². The van der Waals surface area contributed by atoms with Gasteiger partial charge in [0.25, 0.3) is 0 Å². The third-order valence-electron chi connectivity index (χ3n) is 11.9. The van der Waals surface area contributed by atoms with Crippen LogP contribution in [0, 0.1) is 13.8 Å². The Morgan fingerprint density at radius 3 is 1.63 bits per heavy atom. The van der Waals surface area contributed by atoms with Gasteiger partial charge in [0.1, 0.15) is 0 Å².